The van der Waals surface area contributed by atoms with Gasteiger partial charge in [0.15, 0.2) is 0 Å². The van der Waals surface area contributed by atoms with E-state index in [1.54, 1.807) is 0 Å². The molecule has 0 aliphatic heterocycles. The highest BCUT2D eigenvalue weighted by Crippen LogP contribution is 1.87. The van der Waals surface area contributed by atoms with E-state index in [1.807, 2.05) is 0 Å². The zero-order chi connectivity index (χ0) is 7.11. The van der Waals surface area contributed by atoms with Crippen LogP contribution in [0, 0.1) is 0 Å². The first kappa shape index (κ1) is 7.94. The van der Waals surface area contributed by atoms with E-state index in [4.69, 9.17) is 0 Å². The van der Waals surface area contributed by atoms with Crippen LogP contribution in [-0.4, -0.2) is 19.0 Å². The standard InChI is InChI=1S/C5H7O4/c6-4-9-3-1-2-5(7)8/h4H,1-3H2. The van der Waals surface area contributed by atoms with Crippen LogP contribution in [0.2, 0.25) is 0 Å². The van der Waals surface area contributed by atoms with Gasteiger partial charge in [-0.3, -0.25) is 4.79 Å². The van der Waals surface area contributed by atoms with Crippen LogP contribution in [0.25, 0.3) is 0 Å². The first-order chi connectivity index (χ1) is 4.27. The molecule has 0 aliphatic rings. The highest BCUT2D eigenvalue weighted by Gasteiger charge is 1.97. The number of hydrogen-bond acceptors (Lipinski definition) is 3. The summed E-state index contributed by atoms with van der Waals surface area (Å²) < 4.78 is 4.21. The van der Waals surface area contributed by atoms with Gasteiger partial charge in [0.1, 0.15) is 0 Å². The van der Waals surface area contributed by atoms with Gasteiger partial charge in [0.25, 0.3) is 6.47 Å². The Kier molecular flexibility index (Phi) is 4.49. The monoisotopic (exact) mass is 131 g/mol. The molecule has 0 amide bonds. The second kappa shape index (κ2) is 5.08. The fraction of sp³-hybridized carbons (Fsp3) is 0.600. The van der Waals surface area contributed by atoms with Crippen molar-refractivity contribution in [3.05, 3.63) is 0 Å². The van der Waals surface area contributed by atoms with Crippen molar-refractivity contribution in [1.29, 1.82) is 0 Å². The summed E-state index contributed by atoms with van der Waals surface area (Å²) in [5.41, 5.74) is 0. The first-order valence-corrected chi connectivity index (χ1v) is 2.52. The van der Waals surface area contributed by atoms with Gasteiger partial charge < -0.3 is 4.74 Å². The number of hydrogen-bond donors (Lipinski definition) is 0. The summed E-state index contributed by atoms with van der Waals surface area (Å²) in [6.07, 6.45) is 0.259. The molecule has 0 aromatic rings. The Labute approximate surface area is 52.4 Å². The van der Waals surface area contributed by atoms with Crippen LogP contribution in [0.3, 0.4) is 0 Å². The van der Waals surface area contributed by atoms with Crippen LogP contribution in [0.5, 0.6) is 0 Å². The lowest BCUT2D eigenvalue weighted by molar-refractivity contribution is -0.144. The maximum absolute atomic E-state index is 9.71. The minimum Gasteiger partial charge on any atom is -0.468 e. The van der Waals surface area contributed by atoms with Crippen molar-refractivity contribution < 1.29 is 19.4 Å². The Bertz CT molecular complexity index is 99.1. The predicted octanol–water partition coefficient (Wildman–Crippen LogP) is -0.103. The summed E-state index contributed by atoms with van der Waals surface area (Å²) in [6, 6.07) is 0. The molecule has 0 aliphatic carbocycles. The summed E-state index contributed by atoms with van der Waals surface area (Å²) >= 11 is 0. The Hall–Kier alpha value is -1.06. The quantitative estimate of drug-likeness (QED) is 0.386. The van der Waals surface area contributed by atoms with E-state index < -0.39 is 5.97 Å². The third-order valence-electron chi connectivity index (χ3n) is 0.711. The van der Waals surface area contributed by atoms with Crippen molar-refractivity contribution in [2.75, 3.05) is 6.61 Å². The molecule has 0 rings (SSSR count). The molecular weight excluding hydrogens is 124 g/mol. The van der Waals surface area contributed by atoms with Crippen LogP contribution >= 0.6 is 0 Å². The zero-order valence-corrected chi connectivity index (χ0v) is 4.83. The molecular formula is C5H7O4. The average molecular weight is 131 g/mol. The number of carbonyl (C=O) groups is 2. The van der Waals surface area contributed by atoms with Crippen LogP contribution < -0.4 is 0 Å². The van der Waals surface area contributed by atoms with E-state index in [0.29, 0.717) is 6.42 Å². The number of rotatable bonds is 5. The third-order valence-corrected chi connectivity index (χ3v) is 0.711. The lowest BCUT2D eigenvalue weighted by atomic mass is 10.3. The van der Waals surface area contributed by atoms with E-state index in [-0.39, 0.29) is 19.5 Å². The van der Waals surface area contributed by atoms with Crippen molar-refractivity contribution in [3.63, 3.8) is 0 Å². The van der Waals surface area contributed by atoms with E-state index in [0.717, 1.165) is 0 Å². The van der Waals surface area contributed by atoms with Crippen LogP contribution in [0.15, 0.2) is 0 Å². The molecule has 0 saturated carbocycles. The summed E-state index contributed by atoms with van der Waals surface area (Å²) in [7, 11) is 0. The molecule has 0 unspecified atom stereocenters. The number of carbonyl (C=O) groups excluding carboxylic acids is 2. The molecule has 0 atom stereocenters. The molecule has 4 heteroatoms. The third kappa shape index (κ3) is 6.94. The van der Waals surface area contributed by atoms with Crippen molar-refractivity contribution >= 4 is 12.4 Å². The molecule has 0 aromatic heterocycles. The molecule has 0 heterocycles. The Morgan fingerprint density at radius 1 is 1.56 bits per heavy atom. The van der Waals surface area contributed by atoms with Crippen molar-refractivity contribution in [2.45, 2.75) is 12.8 Å². The topological polar surface area (TPSA) is 63.3 Å². The fourth-order valence-electron chi connectivity index (χ4n) is 0.348. The summed E-state index contributed by atoms with van der Waals surface area (Å²) in [5.74, 6) is -1.12. The van der Waals surface area contributed by atoms with E-state index in [1.165, 1.54) is 0 Å². The van der Waals surface area contributed by atoms with Gasteiger partial charge >= 0.3 is 5.97 Å². The molecule has 0 N–H and O–H groups in total. The van der Waals surface area contributed by atoms with Gasteiger partial charge in [0.05, 0.1) is 13.0 Å². The molecule has 0 bridgehead atoms. The molecule has 0 fully saturated rings. The first-order valence-electron chi connectivity index (χ1n) is 2.52. The minimum absolute atomic E-state index is 0.0617. The van der Waals surface area contributed by atoms with Crippen molar-refractivity contribution in [1.82, 2.24) is 0 Å². The molecule has 0 aromatic carbocycles. The van der Waals surface area contributed by atoms with E-state index in [2.05, 4.69) is 4.74 Å². The lowest BCUT2D eigenvalue weighted by Crippen LogP contribution is -1.97. The molecule has 0 spiro atoms. The second-order valence-electron chi connectivity index (χ2n) is 1.44. The summed E-state index contributed by atoms with van der Waals surface area (Å²) in [6.45, 7) is 0.437. The molecule has 51 valence electrons. The predicted molar refractivity (Wildman–Crippen MR) is 26.9 cm³/mol. The Morgan fingerprint density at radius 2 is 2.22 bits per heavy atom. The second-order valence-corrected chi connectivity index (χ2v) is 1.44. The van der Waals surface area contributed by atoms with Gasteiger partial charge in [-0.05, 0) is 6.42 Å². The zero-order valence-electron chi connectivity index (χ0n) is 4.83. The van der Waals surface area contributed by atoms with Gasteiger partial charge in [-0.15, -0.1) is 0 Å². The average Bonchev–Trinajstić information content (AvgIpc) is 1.80. The normalized spacial score (nSPS) is 8.44. The summed E-state index contributed by atoms with van der Waals surface area (Å²) in [5, 5.41) is 9.71. The maximum Gasteiger partial charge on any atom is 0.355 e. The van der Waals surface area contributed by atoms with Crippen molar-refractivity contribution in [2.24, 2.45) is 0 Å². The highest BCUT2D eigenvalue weighted by molar-refractivity contribution is 5.66. The summed E-state index contributed by atoms with van der Waals surface area (Å²) in [4.78, 5) is 19.2. The lowest BCUT2D eigenvalue weighted by Gasteiger charge is -1.91. The van der Waals surface area contributed by atoms with Gasteiger partial charge in [0.2, 0.25) is 0 Å². The van der Waals surface area contributed by atoms with Gasteiger partial charge in [-0.2, -0.15) is 0 Å². The Morgan fingerprint density at radius 3 is 2.67 bits per heavy atom. The molecule has 4 nitrogen and oxygen atoms in total. The fourth-order valence-corrected chi connectivity index (χ4v) is 0.348. The van der Waals surface area contributed by atoms with E-state index in [9.17, 15) is 14.7 Å². The van der Waals surface area contributed by atoms with Crippen LogP contribution in [0.1, 0.15) is 12.8 Å². The molecule has 0 saturated heterocycles. The van der Waals surface area contributed by atoms with Crippen LogP contribution in [-0.2, 0) is 19.4 Å². The van der Waals surface area contributed by atoms with Gasteiger partial charge in [-0.25, -0.2) is 9.90 Å². The van der Waals surface area contributed by atoms with Crippen molar-refractivity contribution in [3.8, 4) is 0 Å². The molecule has 9 heavy (non-hydrogen) atoms. The maximum atomic E-state index is 9.71. The molecule has 1 radical (unpaired) electrons. The van der Waals surface area contributed by atoms with E-state index >= 15 is 0 Å². The SMILES string of the molecule is [O]C(=O)CCCOC=O. The minimum atomic E-state index is -1.12. The highest BCUT2D eigenvalue weighted by atomic mass is 16.5. The number of ether oxygens (including phenoxy) is 1. The smallest absolute Gasteiger partial charge is 0.355 e. The van der Waals surface area contributed by atoms with Gasteiger partial charge in [0, 0.05) is 0 Å². The largest absolute Gasteiger partial charge is 0.468 e. The van der Waals surface area contributed by atoms with Gasteiger partial charge in [-0.1, -0.05) is 0 Å². The van der Waals surface area contributed by atoms with Crippen LogP contribution in [0.4, 0.5) is 0 Å². The Balaban J connectivity index is 2.91.